The number of Topliss-reactive ketones (excluding diaryl/α,β-unsaturated/α-hetero) is 1. The third-order valence-corrected chi connectivity index (χ3v) is 7.81. The molecule has 0 spiro atoms. The molecule has 0 amide bonds. The number of furan rings is 1. The van der Waals surface area contributed by atoms with Crippen LogP contribution in [0.3, 0.4) is 0 Å². The van der Waals surface area contributed by atoms with Crippen molar-refractivity contribution in [3.05, 3.63) is 72.1 Å². The van der Waals surface area contributed by atoms with E-state index in [-0.39, 0.29) is 41.7 Å². The van der Waals surface area contributed by atoms with Gasteiger partial charge in [-0.05, 0) is 43.2 Å². The number of fused-ring (bicyclic) bond motifs is 1. The predicted octanol–water partition coefficient (Wildman–Crippen LogP) is 4.41. The number of aromatic nitrogens is 3. The summed E-state index contributed by atoms with van der Waals surface area (Å²) >= 11 is 0. The van der Waals surface area contributed by atoms with Gasteiger partial charge < -0.3 is 4.42 Å². The molecule has 1 fully saturated rings. The van der Waals surface area contributed by atoms with Crippen molar-refractivity contribution in [1.82, 2.24) is 19.3 Å². The van der Waals surface area contributed by atoms with E-state index in [2.05, 4.69) is 15.0 Å². The maximum Gasteiger partial charge on any atom is 0.419 e. The average molecular weight is 534 g/mol. The van der Waals surface area contributed by atoms with E-state index in [0.717, 1.165) is 16.4 Å². The van der Waals surface area contributed by atoms with Crippen LogP contribution in [0.25, 0.3) is 22.4 Å². The molecule has 8 nitrogen and oxygen atoms in total. The highest BCUT2D eigenvalue weighted by Gasteiger charge is 2.43. The van der Waals surface area contributed by atoms with Crippen molar-refractivity contribution in [2.75, 3.05) is 6.54 Å². The zero-order valence-corrected chi connectivity index (χ0v) is 19.8. The molecule has 0 aliphatic carbocycles. The Morgan fingerprint density at radius 3 is 2.51 bits per heavy atom. The lowest BCUT2D eigenvalue weighted by atomic mass is 9.98. The molecule has 192 valence electrons. The summed E-state index contributed by atoms with van der Waals surface area (Å²) in [6, 6.07) is 7.12. The lowest BCUT2D eigenvalue weighted by Gasteiger charge is -2.37. The van der Waals surface area contributed by atoms with Crippen LogP contribution in [-0.2, 0) is 27.4 Å². The number of alkyl halides is 3. The number of ketones is 1. The number of sulfonamides is 1. The lowest BCUT2D eigenvalue weighted by Crippen LogP contribution is -2.54. The Bertz CT molecular complexity index is 1590. The molecule has 3 aromatic heterocycles. The van der Waals surface area contributed by atoms with Gasteiger partial charge in [-0.2, -0.15) is 17.5 Å². The third kappa shape index (κ3) is 4.96. The molecule has 0 N–H and O–H groups in total. The molecule has 1 aromatic carbocycles. The van der Waals surface area contributed by atoms with Gasteiger partial charge in [-0.3, -0.25) is 9.78 Å². The number of carbonyl (C=O) groups excluding carboxylic acids is 1. The Morgan fingerprint density at radius 1 is 1.08 bits per heavy atom. The van der Waals surface area contributed by atoms with Gasteiger partial charge in [0.1, 0.15) is 11.4 Å². The predicted molar refractivity (Wildman–Crippen MR) is 122 cm³/mol. The summed E-state index contributed by atoms with van der Waals surface area (Å²) in [6.07, 6.45) is -1.21. The van der Waals surface area contributed by atoms with Crippen molar-refractivity contribution >= 4 is 26.8 Å². The standard InChI is InChI=1S/C24H18F4N4O4S/c25-17-1-4-21-15(9-17)11-22(36-21)37(34,35)32-8-6-19(32)20(33)3-2-18-10-14(5-7-29-18)23-30-12-16(13-31-23)24(26,27)28/h1,4-5,7,9-13,19H,2-3,6,8H2/t19-/m0/s1. The van der Waals surface area contributed by atoms with Gasteiger partial charge in [-0.15, -0.1) is 0 Å². The Hall–Kier alpha value is -3.71. The highest BCUT2D eigenvalue weighted by atomic mass is 32.2. The number of benzene rings is 1. The van der Waals surface area contributed by atoms with E-state index in [9.17, 15) is 30.8 Å². The van der Waals surface area contributed by atoms with Crippen LogP contribution < -0.4 is 0 Å². The molecule has 37 heavy (non-hydrogen) atoms. The van der Waals surface area contributed by atoms with Crippen LogP contribution in [0.5, 0.6) is 0 Å². The molecule has 0 unspecified atom stereocenters. The summed E-state index contributed by atoms with van der Waals surface area (Å²) in [6.45, 7) is 0.142. The summed E-state index contributed by atoms with van der Waals surface area (Å²) in [5, 5.41) is -0.0681. The van der Waals surface area contributed by atoms with Gasteiger partial charge in [0.2, 0.25) is 5.09 Å². The highest BCUT2D eigenvalue weighted by molar-refractivity contribution is 7.89. The van der Waals surface area contributed by atoms with Gasteiger partial charge in [0, 0.05) is 54.3 Å². The SMILES string of the molecule is O=C(CCc1cc(-c2ncc(C(F)(F)F)cn2)ccn1)[C@@H]1CCN1S(=O)(=O)c1cc2cc(F)ccc2o1. The summed E-state index contributed by atoms with van der Waals surface area (Å²) in [7, 11) is -4.10. The molecular formula is C24H18F4N4O4S. The van der Waals surface area contributed by atoms with Gasteiger partial charge in [0.05, 0.1) is 11.6 Å². The highest BCUT2D eigenvalue weighted by Crippen LogP contribution is 2.32. The van der Waals surface area contributed by atoms with Crippen LogP contribution in [0.1, 0.15) is 24.1 Å². The second kappa shape index (κ2) is 9.30. The number of aryl methyl sites for hydroxylation is 1. The molecule has 1 aliphatic rings. The molecule has 0 radical (unpaired) electrons. The van der Waals surface area contributed by atoms with Crippen molar-refractivity contribution in [3.63, 3.8) is 0 Å². The second-order valence-corrected chi connectivity index (χ2v) is 10.3. The number of hydrogen-bond acceptors (Lipinski definition) is 7. The first-order valence-corrected chi connectivity index (χ1v) is 12.5. The zero-order chi connectivity index (χ0) is 26.4. The zero-order valence-electron chi connectivity index (χ0n) is 18.9. The minimum atomic E-state index is -4.55. The van der Waals surface area contributed by atoms with Crippen LogP contribution in [0.4, 0.5) is 17.6 Å². The average Bonchev–Trinajstić information content (AvgIpc) is 3.26. The van der Waals surface area contributed by atoms with Crippen LogP contribution in [0, 0.1) is 5.82 Å². The molecule has 4 heterocycles. The fraction of sp³-hybridized carbons (Fsp3) is 0.250. The van der Waals surface area contributed by atoms with E-state index < -0.39 is 33.6 Å². The molecular weight excluding hydrogens is 516 g/mol. The van der Waals surface area contributed by atoms with Crippen LogP contribution in [-0.4, -0.2) is 46.0 Å². The smallest absolute Gasteiger partial charge is 0.419 e. The fourth-order valence-corrected chi connectivity index (χ4v) is 5.61. The normalized spacial score (nSPS) is 16.6. The second-order valence-electron chi connectivity index (χ2n) is 8.46. The van der Waals surface area contributed by atoms with E-state index in [1.807, 2.05) is 0 Å². The Labute approximate surface area is 208 Å². The first-order valence-electron chi connectivity index (χ1n) is 11.1. The Balaban J connectivity index is 1.25. The maximum atomic E-state index is 13.5. The summed E-state index contributed by atoms with van der Waals surface area (Å²) < 4.78 is 84.2. The van der Waals surface area contributed by atoms with Crippen molar-refractivity contribution in [1.29, 1.82) is 0 Å². The monoisotopic (exact) mass is 534 g/mol. The molecule has 1 saturated heterocycles. The summed E-state index contributed by atoms with van der Waals surface area (Å²) in [5.41, 5.74) is 0.153. The minimum absolute atomic E-state index is 0.00759. The summed E-state index contributed by atoms with van der Waals surface area (Å²) in [4.78, 5) is 24.5. The van der Waals surface area contributed by atoms with Gasteiger partial charge in [0.25, 0.3) is 10.0 Å². The Kier molecular flexibility index (Phi) is 6.28. The van der Waals surface area contributed by atoms with E-state index in [4.69, 9.17) is 4.42 Å². The first kappa shape index (κ1) is 25.0. The number of carbonyl (C=O) groups is 1. The molecule has 0 bridgehead atoms. The van der Waals surface area contributed by atoms with Crippen LogP contribution in [0.2, 0.25) is 0 Å². The van der Waals surface area contributed by atoms with Gasteiger partial charge in [-0.1, -0.05) is 0 Å². The lowest BCUT2D eigenvalue weighted by molar-refractivity contribution is -0.138. The molecule has 0 saturated carbocycles. The van der Waals surface area contributed by atoms with Gasteiger partial charge >= 0.3 is 6.18 Å². The van der Waals surface area contributed by atoms with Crippen LogP contribution >= 0.6 is 0 Å². The fourth-order valence-electron chi connectivity index (χ4n) is 4.00. The number of rotatable bonds is 7. The Morgan fingerprint density at radius 2 is 1.84 bits per heavy atom. The number of hydrogen-bond donors (Lipinski definition) is 0. The largest absolute Gasteiger partial charge is 0.443 e. The molecule has 5 rings (SSSR count). The number of pyridine rings is 1. The number of nitrogens with zero attached hydrogens (tertiary/aromatic N) is 4. The van der Waals surface area contributed by atoms with E-state index in [1.165, 1.54) is 24.4 Å². The summed E-state index contributed by atoms with van der Waals surface area (Å²) in [5.74, 6) is -0.767. The van der Waals surface area contributed by atoms with Crippen molar-refractivity contribution in [3.8, 4) is 11.4 Å². The quantitative estimate of drug-likeness (QED) is 0.324. The van der Waals surface area contributed by atoms with Crippen molar-refractivity contribution < 1.29 is 35.2 Å². The van der Waals surface area contributed by atoms with Crippen molar-refractivity contribution in [2.24, 2.45) is 0 Å². The molecule has 13 heteroatoms. The van der Waals surface area contributed by atoms with Crippen LogP contribution in [0.15, 0.2) is 64.5 Å². The molecule has 4 aromatic rings. The maximum absolute atomic E-state index is 13.5. The van der Waals surface area contributed by atoms with E-state index in [0.29, 0.717) is 35.5 Å². The molecule has 1 atom stereocenters. The first-order chi connectivity index (χ1) is 17.5. The molecule has 1 aliphatic heterocycles. The number of halogens is 4. The minimum Gasteiger partial charge on any atom is -0.443 e. The van der Waals surface area contributed by atoms with E-state index in [1.54, 1.807) is 6.07 Å². The van der Waals surface area contributed by atoms with Gasteiger partial charge in [0.15, 0.2) is 11.6 Å². The third-order valence-electron chi connectivity index (χ3n) is 6.04. The van der Waals surface area contributed by atoms with E-state index >= 15 is 0 Å². The van der Waals surface area contributed by atoms with Gasteiger partial charge in [-0.25, -0.2) is 22.8 Å². The topological polar surface area (TPSA) is 106 Å². The van der Waals surface area contributed by atoms with Crippen molar-refractivity contribution in [2.45, 2.75) is 36.6 Å².